The second-order valence-corrected chi connectivity index (χ2v) is 8.81. The molecule has 0 bridgehead atoms. The van der Waals surface area contributed by atoms with Crippen molar-refractivity contribution in [2.45, 2.75) is 0 Å². The van der Waals surface area contributed by atoms with Crippen molar-refractivity contribution in [2.75, 3.05) is 0 Å². The molecule has 27 heavy (non-hydrogen) atoms. The summed E-state index contributed by atoms with van der Waals surface area (Å²) in [7, 11) is -2.47. The first-order valence-electron chi connectivity index (χ1n) is 8.36. The molecule has 0 amide bonds. The van der Waals surface area contributed by atoms with Crippen LogP contribution in [0.15, 0.2) is 100 Å². The molecule has 130 valence electrons. The fraction of sp³-hybridized carbons (Fsp3) is 0. The largest absolute Gasteiger partial charge is 0.241 e. The Hall–Kier alpha value is -3.48. The van der Waals surface area contributed by atoms with Crippen molar-refractivity contribution in [3.05, 3.63) is 96.7 Å². The molecule has 4 aromatic rings. The Kier molecular flexibility index (Phi) is 4.65. The van der Waals surface area contributed by atoms with E-state index in [4.69, 9.17) is 9.37 Å². The normalized spacial score (nSPS) is 10.9. The molecule has 0 spiro atoms. The fourth-order valence-electron chi connectivity index (χ4n) is 3.01. The summed E-state index contributed by atoms with van der Waals surface area (Å²) in [5.41, 5.74) is 0.0853. The van der Waals surface area contributed by atoms with Crippen LogP contribution in [0.3, 0.4) is 0 Å². The van der Waals surface area contributed by atoms with E-state index < -0.39 is 7.05 Å². The Morgan fingerprint density at radius 1 is 0.704 bits per heavy atom. The van der Waals surface area contributed by atoms with Gasteiger partial charge in [0.15, 0.2) is 0 Å². The number of rotatable bonds is 4. The molecule has 0 radical (unpaired) electrons. The molecule has 0 saturated heterocycles. The van der Waals surface area contributed by atoms with E-state index in [0.29, 0.717) is 0 Å². The number of nitriles is 1. The Bertz CT molecular complexity index is 1030. The summed E-state index contributed by atoms with van der Waals surface area (Å²) in [6, 6.07) is 32.3. The van der Waals surface area contributed by atoms with Gasteiger partial charge in [-0.15, -0.1) is 0 Å². The van der Waals surface area contributed by atoms with Gasteiger partial charge in [0, 0.05) is 15.9 Å². The summed E-state index contributed by atoms with van der Waals surface area (Å²) >= 11 is 0. The van der Waals surface area contributed by atoms with Gasteiger partial charge in [0.2, 0.25) is 11.5 Å². The van der Waals surface area contributed by atoms with Gasteiger partial charge in [0.05, 0.1) is 7.05 Å². The number of benzene rings is 3. The standard InChI is InChI=1S/C21H15N4OP/c22-16-20-21(24-26-23-20)25-27(17-10-4-1-5-11-17,18-12-6-2-7-13-18)19-14-8-3-9-15-19/h1-15H. The second-order valence-electron chi connectivity index (χ2n) is 5.79. The first kappa shape index (κ1) is 17.0. The molecule has 0 atom stereocenters. The molecule has 0 aliphatic rings. The smallest absolute Gasteiger partial charge is 0.234 e. The first-order chi connectivity index (χ1) is 13.3. The minimum absolute atomic E-state index is 0.0853. The van der Waals surface area contributed by atoms with Gasteiger partial charge in [-0.3, -0.25) is 0 Å². The summed E-state index contributed by atoms with van der Waals surface area (Å²) in [6.45, 7) is 0. The lowest BCUT2D eigenvalue weighted by Crippen LogP contribution is -2.25. The maximum atomic E-state index is 9.36. The molecule has 1 aromatic heterocycles. The fourth-order valence-corrected chi connectivity index (χ4v) is 6.48. The van der Waals surface area contributed by atoms with Gasteiger partial charge in [-0.25, -0.2) is 9.37 Å². The van der Waals surface area contributed by atoms with Crippen LogP contribution >= 0.6 is 7.05 Å². The second kappa shape index (κ2) is 7.41. The van der Waals surface area contributed by atoms with E-state index >= 15 is 0 Å². The first-order valence-corrected chi connectivity index (χ1v) is 10.1. The van der Waals surface area contributed by atoms with Crippen LogP contribution in [-0.2, 0) is 0 Å². The molecule has 6 heteroatoms. The topological polar surface area (TPSA) is 75.1 Å². The SMILES string of the molecule is N#Cc1nonc1N=P(c1ccccc1)(c1ccccc1)c1ccccc1. The van der Waals surface area contributed by atoms with Crippen LogP contribution in [0.5, 0.6) is 0 Å². The van der Waals surface area contributed by atoms with Crippen LogP contribution in [0.25, 0.3) is 0 Å². The zero-order valence-electron chi connectivity index (χ0n) is 14.3. The highest BCUT2D eigenvalue weighted by molar-refractivity contribution is 7.87. The summed E-state index contributed by atoms with van der Waals surface area (Å²) in [5.74, 6) is 0.224. The van der Waals surface area contributed by atoms with E-state index in [0.717, 1.165) is 15.9 Å². The molecule has 0 fully saturated rings. The van der Waals surface area contributed by atoms with E-state index in [1.54, 1.807) is 0 Å². The molecule has 0 N–H and O–H groups in total. The summed E-state index contributed by atoms with van der Waals surface area (Å²) in [5, 5.41) is 20.1. The van der Waals surface area contributed by atoms with Crippen LogP contribution < -0.4 is 15.9 Å². The third-order valence-corrected chi connectivity index (χ3v) is 7.84. The Balaban J connectivity index is 2.16. The number of nitrogens with zero attached hydrogens (tertiary/aromatic N) is 4. The molecule has 0 aliphatic heterocycles. The Labute approximate surface area is 156 Å². The summed E-state index contributed by atoms with van der Waals surface area (Å²) in [4.78, 5) is 0. The van der Waals surface area contributed by atoms with Crippen LogP contribution in [-0.4, -0.2) is 10.3 Å². The summed E-state index contributed by atoms with van der Waals surface area (Å²) in [6.07, 6.45) is 0. The van der Waals surface area contributed by atoms with E-state index in [1.807, 2.05) is 60.7 Å². The molecule has 4 rings (SSSR count). The maximum Gasteiger partial charge on any atom is 0.234 e. The van der Waals surface area contributed by atoms with Crippen molar-refractivity contribution in [1.29, 1.82) is 5.26 Å². The molecule has 1 heterocycles. The molecular formula is C21H15N4OP. The van der Waals surface area contributed by atoms with Gasteiger partial charge in [-0.2, -0.15) is 5.26 Å². The van der Waals surface area contributed by atoms with Gasteiger partial charge >= 0.3 is 0 Å². The van der Waals surface area contributed by atoms with Crippen molar-refractivity contribution >= 4 is 28.8 Å². The number of aromatic nitrogens is 2. The average Bonchev–Trinajstić information content (AvgIpc) is 3.21. The lowest BCUT2D eigenvalue weighted by atomic mass is 10.4. The quantitative estimate of drug-likeness (QED) is 0.513. The van der Waals surface area contributed by atoms with Crippen molar-refractivity contribution in [2.24, 2.45) is 4.74 Å². The van der Waals surface area contributed by atoms with Crippen LogP contribution in [0.2, 0.25) is 0 Å². The predicted octanol–water partition coefficient (Wildman–Crippen LogP) is 3.75. The van der Waals surface area contributed by atoms with E-state index in [2.05, 4.69) is 46.7 Å². The summed E-state index contributed by atoms with van der Waals surface area (Å²) < 4.78 is 9.84. The van der Waals surface area contributed by atoms with Crippen molar-refractivity contribution in [3.63, 3.8) is 0 Å². The molecule has 0 aliphatic carbocycles. The Morgan fingerprint density at radius 3 is 1.56 bits per heavy atom. The molecule has 0 unspecified atom stereocenters. The average molecular weight is 370 g/mol. The van der Waals surface area contributed by atoms with Crippen molar-refractivity contribution in [3.8, 4) is 6.07 Å². The zero-order chi connectivity index (χ0) is 18.5. The lowest BCUT2D eigenvalue weighted by Gasteiger charge is -2.26. The predicted molar refractivity (Wildman–Crippen MR) is 106 cm³/mol. The van der Waals surface area contributed by atoms with Crippen LogP contribution in [0.4, 0.5) is 5.82 Å². The van der Waals surface area contributed by atoms with Gasteiger partial charge in [-0.1, -0.05) is 91.0 Å². The van der Waals surface area contributed by atoms with Crippen LogP contribution in [0.1, 0.15) is 5.69 Å². The zero-order valence-corrected chi connectivity index (χ0v) is 15.2. The molecule has 5 nitrogen and oxygen atoms in total. The van der Waals surface area contributed by atoms with Crippen molar-refractivity contribution < 1.29 is 4.63 Å². The van der Waals surface area contributed by atoms with Gasteiger partial charge in [-0.05, 0) is 10.3 Å². The third kappa shape index (κ3) is 3.08. The van der Waals surface area contributed by atoms with Crippen molar-refractivity contribution in [1.82, 2.24) is 10.3 Å². The van der Waals surface area contributed by atoms with E-state index in [9.17, 15) is 5.26 Å². The highest BCUT2D eigenvalue weighted by Crippen LogP contribution is 2.49. The highest BCUT2D eigenvalue weighted by Gasteiger charge is 2.28. The molecular weight excluding hydrogens is 355 g/mol. The third-order valence-electron chi connectivity index (χ3n) is 4.21. The monoisotopic (exact) mass is 370 g/mol. The minimum atomic E-state index is -2.47. The number of hydrogen-bond acceptors (Lipinski definition) is 5. The van der Waals surface area contributed by atoms with Gasteiger partial charge in [0.1, 0.15) is 6.07 Å². The molecule has 0 saturated carbocycles. The van der Waals surface area contributed by atoms with E-state index in [-0.39, 0.29) is 11.5 Å². The minimum Gasteiger partial charge on any atom is -0.241 e. The highest BCUT2D eigenvalue weighted by atomic mass is 31.2. The molecule has 3 aromatic carbocycles. The van der Waals surface area contributed by atoms with Gasteiger partial charge < -0.3 is 0 Å². The maximum absolute atomic E-state index is 9.36. The number of hydrogen-bond donors (Lipinski definition) is 0. The Morgan fingerprint density at radius 2 is 1.15 bits per heavy atom. The van der Waals surface area contributed by atoms with Crippen LogP contribution in [0, 0.1) is 11.3 Å². The van der Waals surface area contributed by atoms with E-state index in [1.165, 1.54) is 0 Å². The lowest BCUT2D eigenvalue weighted by molar-refractivity contribution is 0.307. The van der Waals surface area contributed by atoms with Gasteiger partial charge in [0.25, 0.3) is 0 Å².